The van der Waals surface area contributed by atoms with Gasteiger partial charge in [0.05, 0.1) is 10.5 Å². The molecule has 2 rings (SSSR count). The number of nitrogens with one attached hydrogen (secondary N) is 1. The molecule has 0 saturated carbocycles. The smallest absolute Gasteiger partial charge is 0.303 e. The number of hydrogen-bond acceptors (Lipinski definition) is 3. The lowest BCUT2D eigenvalue weighted by Gasteiger charge is -2.30. The standard InChI is InChI=1S/C17H25F3N2O2S/c1-14-6-5-11-22(13-14)10-3-2-9-21-25(23,24)16-8-4-7-15(12-16)17(18,19)20/h4,7-8,12,14,21H,2-3,5-6,9-11,13H2,1H3/t14-/m1/s1. The van der Waals surface area contributed by atoms with Crippen molar-refractivity contribution in [1.29, 1.82) is 0 Å². The summed E-state index contributed by atoms with van der Waals surface area (Å²) in [6, 6.07) is 3.80. The zero-order chi connectivity index (χ0) is 18.5. The molecule has 0 bridgehead atoms. The van der Waals surface area contributed by atoms with E-state index in [4.69, 9.17) is 0 Å². The predicted octanol–water partition coefficient (Wildman–Crippen LogP) is 3.50. The Bertz CT molecular complexity index is 662. The first-order valence-electron chi connectivity index (χ1n) is 8.58. The number of rotatable bonds is 7. The Morgan fingerprint density at radius 3 is 2.72 bits per heavy atom. The highest BCUT2D eigenvalue weighted by Crippen LogP contribution is 2.30. The molecule has 1 atom stereocenters. The molecule has 1 fully saturated rings. The monoisotopic (exact) mass is 378 g/mol. The molecule has 1 saturated heterocycles. The summed E-state index contributed by atoms with van der Waals surface area (Å²) in [6.45, 7) is 5.54. The molecule has 0 aliphatic carbocycles. The van der Waals surface area contributed by atoms with E-state index >= 15 is 0 Å². The minimum atomic E-state index is -4.56. The number of alkyl halides is 3. The highest BCUT2D eigenvalue weighted by Gasteiger charge is 2.31. The van der Waals surface area contributed by atoms with Crippen LogP contribution in [-0.2, 0) is 16.2 Å². The van der Waals surface area contributed by atoms with Gasteiger partial charge in [-0.3, -0.25) is 0 Å². The lowest BCUT2D eigenvalue weighted by Crippen LogP contribution is -2.35. The minimum absolute atomic E-state index is 0.224. The third-order valence-corrected chi connectivity index (χ3v) is 5.86. The quantitative estimate of drug-likeness (QED) is 0.739. The first-order valence-corrected chi connectivity index (χ1v) is 10.1. The lowest BCUT2D eigenvalue weighted by atomic mass is 10.0. The molecule has 0 spiro atoms. The average Bonchev–Trinajstić information content (AvgIpc) is 2.54. The van der Waals surface area contributed by atoms with E-state index in [-0.39, 0.29) is 11.4 Å². The molecular formula is C17H25F3N2O2S. The second kappa shape index (κ2) is 8.51. The van der Waals surface area contributed by atoms with Gasteiger partial charge in [0.1, 0.15) is 0 Å². The number of unbranched alkanes of at least 4 members (excludes halogenated alkanes) is 1. The number of nitrogens with zero attached hydrogens (tertiary/aromatic N) is 1. The van der Waals surface area contributed by atoms with E-state index in [1.54, 1.807) is 0 Å². The van der Waals surface area contributed by atoms with Crippen molar-refractivity contribution in [2.24, 2.45) is 5.92 Å². The van der Waals surface area contributed by atoms with Gasteiger partial charge >= 0.3 is 6.18 Å². The molecule has 142 valence electrons. The van der Waals surface area contributed by atoms with Crippen LogP contribution in [0.4, 0.5) is 13.2 Å². The maximum atomic E-state index is 12.7. The fourth-order valence-electron chi connectivity index (χ4n) is 3.08. The molecule has 1 aliphatic heterocycles. The van der Waals surface area contributed by atoms with Crippen molar-refractivity contribution in [1.82, 2.24) is 9.62 Å². The summed E-state index contributed by atoms with van der Waals surface area (Å²) in [6.07, 6.45) is -0.589. The lowest BCUT2D eigenvalue weighted by molar-refractivity contribution is -0.137. The normalized spacial score (nSPS) is 19.9. The first kappa shape index (κ1) is 20.2. The number of sulfonamides is 1. The van der Waals surface area contributed by atoms with E-state index in [0.29, 0.717) is 18.4 Å². The van der Waals surface area contributed by atoms with Crippen LogP contribution in [0.3, 0.4) is 0 Å². The SMILES string of the molecule is C[C@@H]1CCCN(CCCCNS(=O)(=O)c2cccc(C(F)(F)F)c2)C1. The van der Waals surface area contributed by atoms with Crippen LogP contribution >= 0.6 is 0 Å². The van der Waals surface area contributed by atoms with E-state index in [2.05, 4.69) is 16.5 Å². The molecule has 1 N–H and O–H groups in total. The van der Waals surface area contributed by atoms with Crippen molar-refractivity contribution < 1.29 is 21.6 Å². The summed E-state index contributed by atoms with van der Waals surface area (Å²) in [7, 11) is -3.92. The van der Waals surface area contributed by atoms with Crippen molar-refractivity contribution >= 4 is 10.0 Å². The summed E-state index contributed by atoms with van der Waals surface area (Å²) in [5.74, 6) is 0.702. The van der Waals surface area contributed by atoms with E-state index in [9.17, 15) is 21.6 Å². The van der Waals surface area contributed by atoms with Gasteiger partial charge in [0, 0.05) is 13.1 Å². The topological polar surface area (TPSA) is 49.4 Å². The van der Waals surface area contributed by atoms with Crippen molar-refractivity contribution in [3.05, 3.63) is 29.8 Å². The second-order valence-electron chi connectivity index (χ2n) is 6.68. The molecule has 1 heterocycles. The van der Waals surface area contributed by atoms with Crippen LogP contribution in [0.2, 0.25) is 0 Å². The highest BCUT2D eigenvalue weighted by atomic mass is 32.2. The second-order valence-corrected chi connectivity index (χ2v) is 8.45. The van der Waals surface area contributed by atoms with E-state index < -0.39 is 21.8 Å². The Morgan fingerprint density at radius 2 is 2.04 bits per heavy atom. The summed E-state index contributed by atoms with van der Waals surface area (Å²) in [5.41, 5.74) is -0.963. The maximum absolute atomic E-state index is 12.7. The molecule has 1 aromatic rings. The van der Waals surface area contributed by atoms with Crippen LogP contribution in [0, 0.1) is 5.92 Å². The predicted molar refractivity (Wildman–Crippen MR) is 90.7 cm³/mol. The van der Waals surface area contributed by atoms with Crippen LogP contribution < -0.4 is 4.72 Å². The zero-order valence-corrected chi connectivity index (χ0v) is 15.2. The summed E-state index contributed by atoms with van der Waals surface area (Å²) < 4.78 is 64.7. The van der Waals surface area contributed by atoms with E-state index in [0.717, 1.165) is 38.2 Å². The summed E-state index contributed by atoms with van der Waals surface area (Å²) in [5, 5.41) is 0. The Hall–Kier alpha value is -1.12. The third-order valence-electron chi connectivity index (χ3n) is 4.41. The number of hydrogen-bond donors (Lipinski definition) is 1. The van der Waals surface area contributed by atoms with Gasteiger partial charge in [0.2, 0.25) is 10.0 Å². The Labute approximate surface area is 147 Å². The fourth-order valence-corrected chi connectivity index (χ4v) is 4.20. The molecule has 1 aromatic carbocycles. The molecule has 8 heteroatoms. The molecule has 0 unspecified atom stereocenters. The van der Waals surface area contributed by atoms with Gasteiger partial charge < -0.3 is 4.90 Å². The molecule has 1 aliphatic rings. The summed E-state index contributed by atoms with van der Waals surface area (Å²) >= 11 is 0. The van der Waals surface area contributed by atoms with Crippen LogP contribution in [0.1, 0.15) is 38.2 Å². The molecule has 4 nitrogen and oxygen atoms in total. The van der Waals surface area contributed by atoms with Crippen LogP contribution in [-0.4, -0.2) is 39.5 Å². The largest absolute Gasteiger partial charge is 0.416 e. The van der Waals surface area contributed by atoms with Crippen molar-refractivity contribution in [3.63, 3.8) is 0 Å². The number of halogens is 3. The molecule has 25 heavy (non-hydrogen) atoms. The Morgan fingerprint density at radius 1 is 1.28 bits per heavy atom. The van der Waals surface area contributed by atoms with Gasteiger partial charge in [-0.2, -0.15) is 13.2 Å². The number of benzene rings is 1. The Kier molecular flexibility index (Phi) is 6.87. The molecule has 0 radical (unpaired) electrons. The number of likely N-dealkylation sites (tertiary alicyclic amines) is 1. The first-order chi connectivity index (χ1) is 11.7. The molecule has 0 aromatic heterocycles. The van der Waals surface area contributed by atoms with E-state index in [1.807, 2.05) is 0 Å². The van der Waals surface area contributed by atoms with Crippen molar-refractivity contribution in [3.8, 4) is 0 Å². The third kappa shape index (κ3) is 6.27. The number of piperidine rings is 1. The highest BCUT2D eigenvalue weighted by molar-refractivity contribution is 7.89. The van der Waals surface area contributed by atoms with Crippen LogP contribution in [0.15, 0.2) is 29.2 Å². The zero-order valence-electron chi connectivity index (χ0n) is 14.3. The van der Waals surface area contributed by atoms with Gasteiger partial charge in [0.25, 0.3) is 0 Å². The summed E-state index contributed by atoms with van der Waals surface area (Å²) in [4.78, 5) is 2.03. The minimum Gasteiger partial charge on any atom is -0.303 e. The fraction of sp³-hybridized carbons (Fsp3) is 0.647. The van der Waals surface area contributed by atoms with Crippen LogP contribution in [0.5, 0.6) is 0 Å². The van der Waals surface area contributed by atoms with Crippen molar-refractivity contribution in [2.75, 3.05) is 26.2 Å². The maximum Gasteiger partial charge on any atom is 0.416 e. The van der Waals surface area contributed by atoms with Gasteiger partial charge in [-0.05, 0) is 62.9 Å². The van der Waals surface area contributed by atoms with Gasteiger partial charge in [-0.15, -0.1) is 0 Å². The molecule has 0 amide bonds. The van der Waals surface area contributed by atoms with E-state index in [1.165, 1.54) is 18.9 Å². The van der Waals surface area contributed by atoms with Crippen LogP contribution in [0.25, 0.3) is 0 Å². The Balaban J connectivity index is 1.80. The average molecular weight is 378 g/mol. The van der Waals surface area contributed by atoms with Gasteiger partial charge in [-0.25, -0.2) is 13.1 Å². The van der Waals surface area contributed by atoms with Gasteiger partial charge in [0.15, 0.2) is 0 Å². The van der Waals surface area contributed by atoms with Crippen molar-refractivity contribution in [2.45, 2.75) is 43.7 Å². The molecular weight excluding hydrogens is 353 g/mol. The van der Waals surface area contributed by atoms with Gasteiger partial charge in [-0.1, -0.05) is 13.0 Å².